The number of ether oxygens (including phenoxy) is 1. The van der Waals surface area contributed by atoms with Gasteiger partial charge in [-0.3, -0.25) is 4.79 Å². The second-order valence-electron chi connectivity index (χ2n) is 9.82. The van der Waals surface area contributed by atoms with Crippen molar-refractivity contribution in [2.24, 2.45) is 40.4 Å². The van der Waals surface area contributed by atoms with E-state index < -0.39 is 0 Å². The zero-order valence-electron chi connectivity index (χ0n) is 15.6. The second-order valence-corrected chi connectivity index (χ2v) is 9.82. The summed E-state index contributed by atoms with van der Waals surface area (Å²) >= 11 is 0. The number of carbonyl (C=O) groups is 1. The van der Waals surface area contributed by atoms with Crippen molar-refractivity contribution in [2.45, 2.75) is 71.3 Å². The fourth-order valence-corrected chi connectivity index (χ4v) is 7.57. The largest absolute Gasteiger partial charge is 0.393 e. The Kier molecular flexibility index (Phi) is 4.12. The van der Waals surface area contributed by atoms with Gasteiger partial charge >= 0.3 is 0 Å². The summed E-state index contributed by atoms with van der Waals surface area (Å²) in [4.78, 5) is 12.5. The molecule has 4 saturated carbocycles. The van der Waals surface area contributed by atoms with Crippen molar-refractivity contribution >= 4 is 5.78 Å². The number of methoxy groups -OCH3 is 1. The van der Waals surface area contributed by atoms with Crippen LogP contribution in [-0.4, -0.2) is 30.7 Å². The SMILES string of the molecule is COC[C@H]1C[C@@]2(C)[C@@H](CC[C@@H]3[C@@H]2CC[C@]2(C)[C@@H](O)CC[C@@H]32)CC1=O. The van der Waals surface area contributed by atoms with E-state index in [9.17, 15) is 9.90 Å². The molecule has 3 nitrogen and oxygen atoms in total. The molecule has 4 rings (SSSR count). The van der Waals surface area contributed by atoms with E-state index in [0.717, 1.165) is 31.1 Å². The van der Waals surface area contributed by atoms with E-state index in [-0.39, 0.29) is 17.4 Å². The van der Waals surface area contributed by atoms with Crippen molar-refractivity contribution < 1.29 is 14.6 Å². The third-order valence-corrected chi connectivity index (χ3v) is 8.97. The van der Waals surface area contributed by atoms with Crippen molar-refractivity contribution in [3.63, 3.8) is 0 Å². The fourth-order valence-electron chi connectivity index (χ4n) is 7.57. The van der Waals surface area contributed by atoms with Gasteiger partial charge in [0.1, 0.15) is 5.78 Å². The van der Waals surface area contributed by atoms with E-state index in [1.54, 1.807) is 7.11 Å². The Bertz CT molecular complexity index is 517. The number of rotatable bonds is 2. The summed E-state index contributed by atoms with van der Waals surface area (Å²) in [6.07, 6.45) is 8.82. The Morgan fingerprint density at radius 1 is 1.08 bits per heavy atom. The number of fused-ring (bicyclic) bond motifs is 5. The summed E-state index contributed by atoms with van der Waals surface area (Å²) in [5, 5.41) is 10.6. The maximum absolute atomic E-state index is 12.5. The minimum Gasteiger partial charge on any atom is -0.393 e. The molecule has 0 unspecified atom stereocenters. The van der Waals surface area contributed by atoms with Crippen molar-refractivity contribution in [2.75, 3.05) is 13.7 Å². The number of aliphatic hydroxyl groups excluding tert-OH is 1. The Balaban J connectivity index is 1.61. The van der Waals surface area contributed by atoms with Gasteiger partial charge in [0.25, 0.3) is 0 Å². The van der Waals surface area contributed by atoms with E-state index in [0.29, 0.717) is 29.6 Å². The molecule has 136 valence electrons. The second kappa shape index (κ2) is 5.81. The van der Waals surface area contributed by atoms with Gasteiger partial charge in [-0.2, -0.15) is 0 Å². The zero-order chi connectivity index (χ0) is 17.1. The summed E-state index contributed by atoms with van der Waals surface area (Å²) < 4.78 is 5.36. The van der Waals surface area contributed by atoms with E-state index in [1.807, 2.05) is 0 Å². The van der Waals surface area contributed by atoms with Gasteiger partial charge in [0.15, 0.2) is 0 Å². The first kappa shape index (κ1) is 17.0. The molecule has 3 heteroatoms. The molecule has 0 heterocycles. The van der Waals surface area contributed by atoms with Gasteiger partial charge in [-0.15, -0.1) is 0 Å². The summed E-state index contributed by atoms with van der Waals surface area (Å²) in [6, 6.07) is 0. The summed E-state index contributed by atoms with van der Waals surface area (Å²) in [5.41, 5.74) is 0.454. The van der Waals surface area contributed by atoms with Crippen LogP contribution in [0.15, 0.2) is 0 Å². The minimum atomic E-state index is -0.0943. The lowest BCUT2D eigenvalue weighted by Crippen LogP contribution is -2.55. The van der Waals surface area contributed by atoms with Crippen molar-refractivity contribution in [1.82, 2.24) is 0 Å². The number of aliphatic hydroxyl groups is 1. The molecular weight excluding hydrogens is 300 g/mol. The first-order chi connectivity index (χ1) is 11.4. The van der Waals surface area contributed by atoms with Crippen LogP contribution in [0.1, 0.15) is 65.2 Å². The van der Waals surface area contributed by atoms with Crippen LogP contribution < -0.4 is 0 Å². The van der Waals surface area contributed by atoms with Gasteiger partial charge in [-0.05, 0) is 79.4 Å². The molecule has 0 saturated heterocycles. The van der Waals surface area contributed by atoms with Crippen molar-refractivity contribution in [3.05, 3.63) is 0 Å². The number of hydrogen-bond donors (Lipinski definition) is 1. The highest BCUT2D eigenvalue weighted by Gasteiger charge is 2.60. The molecule has 0 aromatic rings. The van der Waals surface area contributed by atoms with Crippen LogP contribution in [0.25, 0.3) is 0 Å². The van der Waals surface area contributed by atoms with Crippen LogP contribution in [-0.2, 0) is 9.53 Å². The Labute approximate surface area is 146 Å². The van der Waals surface area contributed by atoms with E-state index in [2.05, 4.69) is 13.8 Å². The third-order valence-electron chi connectivity index (χ3n) is 8.97. The topological polar surface area (TPSA) is 46.5 Å². The summed E-state index contributed by atoms with van der Waals surface area (Å²) in [7, 11) is 1.72. The van der Waals surface area contributed by atoms with E-state index in [4.69, 9.17) is 4.74 Å². The molecule has 0 spiro atoms. The van der Waals surface area contributed by atoms with Crippen LogP contribution in [0.4, 0.5) is 0 Å². The lowest BCUT2D eigenvalue weighted by Gasteiger charge is -2.60. The summed E-state index contributed by atoms with van der Waals surface area (Å²) in [6.45, 7) is 5.42. The Hall–Kier alpha value is -0.410. The normalized spacial score (nSPS) is 54.1. The molecule has 0 aliphatic heterocycles. The van der Waals surface area contributed by atoms with Crippen LogP contribution in [0.2, 0.25) is 0 Å². The van der Waals surface area contributed by atoms with Gasteiger partial charge < -0.3 is 9.84 Å². The first-order valence-electron chi connectivity index (χ1n) is 10.1. The minimum absolute atomic E-state index is 0.0943. The van der Waals surface area contributed by atoms with Crippen LogP contribution in [0, 0.1) is 40.4 Å². The maximum atomic E-state index is 12.5. The third kappa shape index (κ3) is 2.26. The van der Waals surface area contributed by atoms with Gasteiger partial charge in [0.2, 0.25) is 0 Å². The summed E-state index contributed by atoms with van der Waals surface area (Å²) in [5.74, 6) is 3.33. The molecule has 4 aliphatic carbocycles. The number of hydrogen-bond acceptors (Lipinski definition) is 3. The average Bonchev–Trinajstić information content (AvgIpc) is 2.85. The molecular formula is C21H34O3. The highest BCUT2D eigenvalue weighted by molar-refractivity contribution is 5.82. The van der Waals surface area contributed by atoms with Gasteiger partial charge in [-0.1, -0.05) is 13.8 Å². The van der Waals surface area contributed by atoms with Crippen LogP contribution >= 0.6 is 0 Å². The molecule has 8 atom stereocenters. The number of carbonyl (C=O) groups excluding carboxylic acids is 1. The van der Waals surface area contributed by atoms with E-state index in [1.165, 1.54) is 32.1 Å². The van der Waals surface area contributed by atoms with Crippen molar-refractivity contribution in [1.29, 1.82) is 0 Å². The fraction of sp³-hybridized carbons (Fsp3) is 0.952. The smallest absolute Gasteiger partial charge is 0.138 e. The quantitative estimate of drug-likeness (QED) is 0.835. The molecule has 0 aromatic carbocycles. The number of Topliss-reactive ketones (excluding diaryl/α,β-unsaturated/α-hetero) is 1. The molecule has 4 aliphatic rings. The maximum Gasteiger partial charge on any atom is 0.138 e. The molecule has 0 bridgehead atoms. The van der Waals surface area contributed by atoms with Crippen LogP contribution in [0.5, 0.6) is 0 Å². The molecule has 4 fully saturated rings. The highest BCUT2D eigenvalue weighted by atomic mass is 16.5. The molecule has 0 radical (unpaired) electrons. The average molecular weight is 335 g/mol. The predicted molar refractivity (Wildman–Crippen MR) is 93.5 cm³/mol. The Morgan fingerprint density at radius 2 is 1.83 bits per heavy atom. The highest BCUT2D eigenvalue weighted by Crippen LogP contribution is 2.66. The van der Waals surface area contributed by atoms with Crippen molar-refractivity contribution in [3.8, 4) is 0 Å². The number of ketones is 1. The molecule has 0 aromatic heterocycles. The standard InChI is InChI=1S/C21H34O3/c1-20-9-8-17-15(16(20)6-7-19(20)23)5-4-14-10-18(22)13(12-24-3)11-21(14,17)2/h13-17,19,23H,4-12H2,1-3H3/t13-,14+,15+,16+,17+,19+,20+,21+/m1/s1. The van der Waals surface area contributed by atoms with Gasteiger partial charge in [0, 0.05) is 19.4 Å². The van der Waals surface area contributed by atoms with Gasteiger partial charge in [0.05, 0.1) is 12.7 Å². The zero-order valence-corrected chi connectivity index (χ0v) is 15.6. The first-order valence-corrected chi connectivity index (χ1v) is 10.1. The molecule has 0 amide bonds. The monoisotopic (exact) mass is 334 g/mol. The molecule has 24 heavy (non-hydrogen) atoms. The molecule has 1 N–H and O–H groups in total. The van der Waals surface area contributed by atoms with E-state index >= 15 is 0 Å². The lowest BCUT2D eigenvalue weighted by molar-refractivity contribution is -0.152. The Morgan fingerprint density at radius 3 is 2.58 bits per heavy atom. The lowest BCUT2D eigenvalue weighted by atomic mass is 9.44. The predicted octanol–water partition coefficient (Wildman–Crippen LogP) is 3.83. The van der Waals surface area contributed by atoms with Crippen LogP contribution in [0.3, 0.4) is 0 Å². The van der Waals surface area contributed by atoms with Gasteiger partial charge in [-0.25, -0.2) is 0 Å².